The van der Waals surface area contributed by atoms with Gasteiger partial charge in [-0.1, -0.05) is 6.92 Å². The molecule has 0 fully saturated rings. The maximum absolute atomic E-state index is 11.7. The molecular weight excluding hydrogens is 236 g/mol. The quantitative estimate of drug-likeness (QED) is 0.727. The molecule has 3 amide bonds. The maximum atomic E-state index is 11.7. The molecule has 18 heavy (non-hydrogen) atoms. The Morgan fingerprint density at radius 2 is 1.67 bits per heavy atom. The Hall–Kier alpha value is -1.85. The molecule has 0 bridgehead atoms. The van der Waals surface area contributed by atoms with Crippen molar-refractivity contribution in [3.63, 3.8) is 0 Å². The lowest BCUT2D eigenvalue weighted by Crippen LogP contribution is -2.43. The van der Waals surface area contributed by atoms with E-state index in [-0.39, 0.29) is 11.1 Å². The zero-order chi connectivity index (χ0) is 14.3. The maximum Gasteiger partial charge on any atom is 0.331 e. The normalized spacial score (nSPS) is 11.6. The Balaban J connectivity index is 4.71. The molecule has 102 valence electrons. The van der Waals surface area contributed by atoms with Gasteiger partial charge in [-0.15, -0.1) is 0 Å². The second-order valence-electron chi connectivity index (χ2n) is 3.89. The molecule has 0 spiro atoms. The Kier molecular flexibility index (Phi) is 6.70. The zero-order valence-electron chi connectivity index (χ0n) is 11.2. The molecule has 0 aromatic carbocycles. The topological polar surface area (TPSA) is 86.7 Å². The second-order valence-corrected chi connectivity index (χ2v) is 3.89. The molecule has 6 heteroatoms. The lowest BCUT2D eigenvalue weighted by atomic mass is 10.1. The van der Waals surface area contributed by atoms with Gasteiger partial charge in [0.1, 0.15) is 0 Å². The summed E-state index contributed by atoms with van der Waals surface area (Å²) in [6.45, 7) is 7.49. The minimum atomic E-state index is -1.17. The molecule has 0 aliphatic heterocycles. The van der Waals surface area contributed by atoms with E-state index >= 15 is 0 Å². The molecule has 0 radical (unpaired) electrons. The van der Waals surface area contributed by atoms with Crippen molar-refractivity contribution in [3.8, 4) is 0 Å². The van der Waals surface area contributed by atoms with Crippen molar-refractivity contribution in [2.24, 2.45) is 0 Å². The second kappa shape index (κ2) is 7.47. The summed E-state index contributed by atoms with van der Waals surface area (Å²) in [4.78, 5) is 35.5. The zero-order valence-corrected chi connectivity index (χ0v) is 11.2. The van der Waals surface area contributed by atoms with Gasteiger partial charge in [0.05, 0.1) is 0 Å². The van der Waals surface area contributed by atoms with Crippen molar-refractivity contribution in [2.45, 2.75) is 34.1 Å². The highest BCUT2D eigenvalue weighted by molar-refractivity contribution is 6.07. The smallest absolute Gasteiger partial charge is 0.331 e. The standard InChI is InChI=1S/C12H20N2O4/c1-5-7-14(6-2)12(18)13-10(15)8(3)9(4)11(16)17/h5-7H2,1-4H3,(H,16,17)(H,13,15,18)/b9-8-. The Labute approximate surface area is 107 Å². The van der Waals surface area contributed by atoms with Gasteiger partial charge in [-0.25, -0.2) is 9.59 Å². The summed E-state index contributed by atoms with van der Waals surface area (Å²) in [7, 11) is 0. The molecular formula is C12H20N2O4. The van der Waals surface area contributed by atoms with Crippen LogP contribution in [0.25, 0.3) is 0 Å². The van der Waals surface area contributed by atoms with Crippen molar-refractivity contribution in [1.82, 2.24) is 10.2 Å². The molecule has 0 unspecified atom stereocenters. The first-order valence-electron chi connectivity index (χ1n) is 5.86. The van der Waals surface area contributed by atoms with Crippen LogP contribution in [-0.2, 0) is 9.59 Å². The van der Waals surface area contributed by atoms with Gasteiger partial charge >= 0.3 is 12.0 Å². The van der Waals surface area contributed by atoms with E-state index in [0.717, 1.165) is 6.42 Å². The van der Waals surface area contributed by atoms with Crippen LogP contribution in [0.4, 0.5) is 4.79 Å². The van der Waals surface area contributed by atoms with Crippen molar-refractivity contribution < 1.29 is 19.5 Å². The summed E-state index contributed by atoms with van der Waals surface area (Å²) >= 11 is 0. The summed E-state index contributed by atoms with van der Waals surface area (Å²) in [5.41, 5.74) is -0.0396. The lowest BCUT2D eigenvalue weighted by Gasteiger charge is -2.20. The first-order valence-corrected chi connectivity index (χ1v) is 5.86. The number of carboxylic acids is 1. The fourth-order valence-electron chi connectivity index (χ4n) is 1.27. The highest BCUT2D eigenvalue weighted by atomic mass is 16.4. The molecule has 6 nitrogen and oxygen atoms in total. The van der Waals surface area contributed by atoms with Crippen LogP contribution in [0.3, 0.4) is 0 Å². The van der Waals surface area contributed by atoms with Crippen LogP contribution in [0, 0.1) is 0 Å². The van der Waals surface area contributed by atoms with Crippen LogP contribution < -0.4 is 5.32 Å². The number of rotatable bonds is 5. The monoisotopic (exact) mass is 256 g/mol. The van der Waals surface area contributed by atoms with Gasteiger partial charge in [-0.3, -0.25) is 10.1 Å². The van der Waals surface area contributed by atoms with Crippen molar-refractivity contribution in [2.75, 3.05) is 13.1 Å². The van der Waals surface area contributed by atoms with Crippen LogP contribution in [0.1, 0.15) is 34.1 Å². The van der Waals surface area contributed by atoms with E-state index in [1.165, 1.54) is 18.7 Å². The molecule has 0 aromatic heterocycles. The van der Waals surface area contributed by atoms with E-state index in [1.807, 2.05) is 13.8 Å². The van der Waals surface area contributed by atoms with Crippen LogP contribution >= 0.6 is 0 Å². The average molecular weight is 256 g/mol. The number of carboxylic acid groups (broad SMARTS) is 1. The number of carbonyl (C=O) groups excluding carboxylic acids is 2. The van der Waals surface area contributed by atoms with Crippen LogP contribution in [0.5, 0.6) is 0 Å². The molecule has 0 atom stereocenters. The predicted octanol–water partition coefficient (Wildman–Crippen LogP) is 1.38. The molecule has 0 aliphatic rings. The Bertz CT molecular complexity index is 374. The first kappa shape index (κ1) is 16.1. The molecule has 0 heterocycles. The molecule has 0 saturated heterocycles. The van der Waals surface area contributed by atoms with Gasteiger partial charge < -0.3 is 10.0 Å². The fraction of sp³-hybridized carbons (Fsp3) is 0.583. The Morgan fingerprint density at radius 3 is 2.06 bits per heavy atom. The first-order chi connectivity index (χ1) is 8.34. The number of nitrogens with zero attached hydrogens (tertiary/aromatic N) is 1. The van der Waals surface area contributed by atoms with E-state index in [2.05, 4.69) is 5.32 Å². The number of imide groups is 1. The minimum absolute atomic E-state index is 0.0309. The largest absolute Gasteiger partial charge is 0.478 e. The van der Waals surface area contributed by atoms with Crippen LogP contribution in [-0.4, -0.2) is 41.0 Å². The third-order valence-corrected chi connectivity index (χ3v) is 2.61. The molecule has 0 aliphatic carbocycles. The number of nitrogens with one attached hydrogen (secondary N) is 1. The molecule has 0 saturated carbocycles. The number of amides is 3. The van der Waals surface area contributed by atoms with Crippen molar-refractivity contribution in [1.29, 1.82) is 0 Å². The van der Waals surface area contributed by atoms with E-state index in [0.29, 0.717) is 13.1 Å². The summed E-state index contributed by atoms with van der Waals surface area (Å²) in [6, 6.07) is -0.498. The summed E-state index contributed by atoms with van der Waals surface area (Å²) in [6.07, 6.45) is 0.790. The Morgan fingerprint density at radius 1 is 1.11 bits per heavy atom. The number of hydrogen-bond acceptors (Lipinski definition) is 3. The highest BCUT2D eigenvalue weighted by Gasteiger charge is 2.17. The third kappa shape index (κ3) is 4.57. The predicted molar refractivity (Wildman–Crippen MR) is 67.1 cm³/mol. The average Bonchev–Trinajstić information content (AvgIpc) is 2.33. The number of urea groups is 1. The molecule has 0 aromatic rings. The van der Waals surface area contributed by atoms with Gasteiger partial charge in [-0.2, -0.15) is 0 Å². The van der Waals surface area contributed by atoms with Gasteiger partial charge in [0.15, 0.2) is 0 Å². The fourth-order valence-corrected chi connectivity index (χ4v) is 1.27. The SMILES string of the molecule is CCCN(CC)C(=O)NC(=O)/C(C)=C(/C)C(=O)O. The highest BCUT2D eigenvalue weighted by Crippen LogP contribution is 2.04. The molecule has 2 N–H and O–H groups in total. The molecule has 0 rings (SSSR count). The van der Waals surface area contributed by atoms with Crippen LogP contribution in [0.2, 0.25) is 0 Å². The van der Waals surface area contributed by atoms with Crippen molar-refractivity contribution in [3.05, 3.63) is 11.1 Å². The van der Waals surface area contributed by atoms with Gasteiger partial charge in [-0.05, 0) is 27.2 Å². The van der Waals surface area contributed by atoms with E-state index in [9.17, 15) is 14.4 Å². The summed E-state index contributed by atoms with van der Waals surface area (Å²) < 4.78 is 0. The van der Waals surface area contributed by atoms with E-state index in [1.54, 1.807) is 0 Å². The number of carbonyl (C=O) groups is 3. The number of aliphatic carboxylic acids is 1. The third-order valence-electron chi connectivity index (χ3n) is 2.61. The van der Waals surface area contributed by atoms with Crippen molar-refractivity contribution >= 4 is 17.9 Å². The summed E-state index contributed by atoms with van der Waals surface area (Å²) in [5.74, 6) is -1.84. The van der Waals surface area contributed by atoms with E-state index < -0.39 is 17.9 Å². The summed E-state index contributed by atoms with van der Waals surface area (Å²) in [5, 5.41) is 10.9. The van der Waals surface area contributed by atoms with E-state index in [4.69, 9.17) is 5.11 Å². The lowest BCUT2D eigenvalue weighted by molar-refractivity contribution is -0.133. The van der Waals surface area contributed by atoms with Gasteiger partial charge in [0.25, 0.3) is 5.91 Å². The van der Waals surface area contributed by atoms with Gasteiger partial charge in [0, 0.05) is 24.2 Å². The van der Waals surface area contributed by atoms with Gasteiger partial charge in [0.2, 0.25) is 0 Å². The minimum Gasteiger partial charge on any atom is -0.478 e. The van der Waals surface area contributed by atoms with Crippen LogP contribution in [0.15, 0.2) is 11.1 Å². The number of hydrogen-bond donors (Lipinski definition) is 2.